The molecule has 76 valence electrons. The first-order valence-corrected chi connectivity index (χ1v) is 4.98. The molecule has 0 aliphatic heterocycles. The quantitative estimate of drug-likeness (QED) is 0.758. The van der Waals surface area contributed by atoms with Gasteiger partial charge in [-0.05, 0) is 25.8 Å². The van der Waals surface area contributed by atoms with Gasteiger partial charge in [-0.3, -0.25) is 0 Å². The van der Waals surface area contributed by atoms with E-state index in [-0.39, 0.29) is 0 Å². The number of aromatic nitrogens is 2. The van der Waals surface area contributed by atoms with E-state index in [9.17, 15) is 0 Å². The number of rotatable bonds is 3. The summed E-state index contributed by atoms with van der Waals surface area (Å²) >= 11 is 0. The predicted molar refractivity (Wildman–Crippen MR) is 53.4 cm³/mol. The maximum atomic E-state index is 5.48. The molecule has 1 aliphatic rings. The third kappa shape index (κ3) is 1.57. The fraction of sp³-hybridized carbons (Fsp3) is 0.600. The van der Waals surface area contributed by atoms with Crippen molar-refractivity contribution in [1.82, 2.24) is 9.97 Å². The fourth-order valence-corrected chi connectivity index (χ4v) is 1.86. The van der Waals surface area contributed by atoms with Crippen LogP contribution in [0, 0.1) is 0 Å². The molecule has 0 saturated carbocycles. The van der Waals surface area contributed by atoms with Crippen molar-refractivity contribution in [2.24, 2.45) is 5.73 Å². The van der Waals surface area contributed by atoms with Crippen LogP contribution in [0.2, 0.25) is 0 Å². The monoisotopic (exact) mass is 193 g/mol. The molecule has 4 nitrogen and oxygen atoms in total. The van der Waals surface area contributed by atoms with Gasteiger partial charge in [-0.2, -0.15) is 4.98 Å². The zero-order valence-electron chi connectivity index (χ0n) is 8.42. The number of fused-ring (bicyclic) bond motifs is 1. The molecule has 1 aromatic heterocycles. The van der Waals surface area contributed by atoms with E-state index in [2.05, 4.69) is 9.97 Å². The van der Waals surface area contributed by atoms with E-state index in [0.29, 0.717) is 6.54 Å². The third-order valence-electron chi connectivity index (χ3n) is 2.50. The minimum Gasteiger partial charge on any atom is -0.481 e. The Morgan fingerprint density at radius 2 is 2.21 bits per heavy atom. The highest BCUT2D eigenvalue weighted by Crippen LogP contribution is 2.27. The van der Waals surface area contributed by atoms with Crippen LogP contribution in [-0.2, 0) is 19.3 Å². The Hall–Kier alpha value is -1.16. The zero-order chi connectivity index (χ0) is 9.97. The van der Waals surface area contributed by atoms with Gasteiger partial charge in [-0.1, -0.05) is 0 Å². The Bertz CT molecular complexity index is 338. The van der Waals surface area contributed by atoms with Crippen LogP contribution >= 0.6 is 0 Å². The molecule has 0 radical (unpaired) electrons. The summed E-state index contributed by atoms with van der Waals surface area (Å²) in [5, 5.41) is 0. The Labute approximate surface area is 83.5 Å². The number of nitrogens with two attached hydrogens (primary N) is 1. The molecule has 0 amide bonds. The largest absolute Gasteiger partial charge is 0.481 e. The van der Waals surface area contributed by atoms with Crippen LogP contribution in [0.25, 0.3) is 0 Å². The molecule has 0 saturated heterocycles. The van der Waals surface area contributed by atoms with Crippen molar-refractivity contribution in [3.8, 4) is 5.88 Å². The lowest BCUT2D eigenvalue weighted by Crippen LogP contribution is -2.09. The van der Waals surface area contributed by atoms with Crippen molar-refractivity contribution in [3.63, 3.8) is 0 Å². The van der Waals surface area contributed by atoms with Crippen molar-refractivity contribution < 1.29 is 4.74 Å². The number of ether oxygens (including phenoxy) is 1. The number of nitrogens with zero attached hydrogens (tertiary/aromatic N) is 2. The molecular weight excluding hydrogens is 178 g/mol. The van der Waals surface area contributed by atoms with Gasteiger partial charge in [0.05, 0.1) is 12.8 Å². The molecule has 1 aromatic rings. The first-order valence-electron chi connectivity index (χ1n) is 4.98. The average molecular weight is 193 g/mol. The van der Waals surface area contributed by atoms with Gasteiger partial charge in [0.25, 0.3) is 0 Å². The Morgan fingerprint density at radius 3 is 2.93 bits per heavy atom. The van der Waals surface area contributed by atoms with E-state index in [4.69, 9.17) is 10.5 Å². The third-order valence-corrected chi connectivity index (χ3v) is 2.50. The summed E-state index contributed by atoms with van der Waals surface area (Å²) in [5.41, 5.74) is 7.82. The number of aryl methyl sites for hydroxylation is 1. The van der Waals surface area contributed by atoms with Crippen LogP contribution < -0.4 is 10.5 Å². The first kappa shape index (κ1) is 9.40. The lowest BCUT2D eigenvalue weighted by atomic mass is 10.2. The normalized spacial score (nSPS) is 14.1. The van der Waals surface area contributed by atoms with E-state index in [0.717, 1.165) is 43.1 Å². The van der Waals surface area contributed by atoms with Gasteiger partial charge >= 0.3 is 0 Å². The van der Waals surface area contributed by atoms with Gasteiger partial charge in [0, 0.05) is 12.0 Å². The summed E-state index contributed by atoms with van der Waals surface area (Å²) in [6.45, 7) is 0.585. The molecule has 4 heteroatoms. The second-order valence-corrected chi connectivity index (χ2v) is 3.47. The number of methoxy groups -OCH3 is 1. The number of hydrogen-bond donors (Lipinski definition) is 1. The predicted octanol–water partition coefficient (Wildman–Crippen LogP) is 0.475. The van der Waals surface area contributed by atoms with Gasteiger partial charge in [-0.25, -0.2) is 4.98 Å². The molecule has 1 heterocycles. The van der Waals surface area contributed by atoms with Crippen molar-refractivity contribution >= 4 is 0 Å². The second kappa shape index (κ2) is 3.92. The fourth-order valence-electron chi connectivity index (χ4n) is 1.86. The molecule has 0 bridgehead atoms. The average Bonchev–Trinajstić information content (AvgIpc) is 2.65. The van der Waals surface area contributed by atoms with Crippen molar-refractivity contribution in [3.05, 3.63) is 17.1 Å². The molecule has 0 unspecified atom stereocenters. The standard InChI is InChI=1S/C10H15N3O/c1-14-10-7-3-2-4-8(7)12-9(13-10)5-6-11/h2-6,11H2,1H3. The molecule has 0 atom stereocenters. The summed E-state index contributed by atoms with van der Waals surface area (Å²) in [6, 6.07) is 0. The smallest absolute Gasteiger partial charge is 0.219 e. The van der Waals surface area contributed by atoms with Crippen molar-refractivity contribution in [2.75, 3.05) is 13.7 Å². The molecule has 2 N–H and O–H groups in total. The van der Waals surface area contributed by atoms with Crippen LogP contribution in [0.15, 0.2) is 0 Å². The Balaban J connectivity index is 2.39. The van der Waals surface area contributed by atoms with Gasteiger partial charge in [0.15, 0.2) is 0 Å². The highest BCUT2D eigenvalue weighted by atomic mass is 16.5. The molecule has 1 aliphatic carbocycles. The highest BCUT2D eigenvalue weighted by Gasteiger charge is 2.19. The summed E-state index contributed by atoms with van der Waals surface area (Å²) in [6.07, 6.45) is 3.98. The first-order chi connectivity index (χ1) is 6.85. The molecule has 0 spiro atoms. The van der Waals surface area contributed by atoms with Crippen molar-refractivity contribution in [1.29, 1.82) is 0 Å². The lowest BCUT2D eigenvalue weighted by Gasteiger charge is -2.07. The van der Waals surface area contributed by atoms with Crippen molar-refractivity contribution in [2.45, 2.75) is 25.7 Å². The van der Waals surface area contributed by atoms with E-state index in [1.807, 2.05) is 0 Å². The highest BCUT2D eigenvalue weighted by molar-refractivity contribution is 5.34. The van der Waals surface area contributed by atoms with E-state index >= 15 is 0 Å². The Morgan fingerprint density at radius 1 is 1.36 bits per heavy atom. The van der Waals surface area contributed by atoms with E-state index in [1.165, 1.54) is 5.56 Å². The molecule has 14 heavy (non-hydrogen) atoms. The summed E-state index contributed by atoms with van der Waals surface area (Å²) in [5.74, 6) is 1.56. The SMILES string of the molecule is COc1nc(CCN)nc2c1CCC2. The van der Waals surface area contributed by atoms with Crippen LogP contribution in [0.5, 0.6) is 5.88 Å². The molecule has 0 aromatic carbocycles. The van der Waals surface area contributed by atoms with Gasteiger partial charge in [0.1, 0.15) is 5.82 Å². The summed E-state index contributed by atoms with van der Waals surface area (Å²) in [7, 11) is 1.66. The minimum atomic E-state index is 0.585. The van der Waals surface area contributed by atoms with Crippen LogP contribution in [0.4, 0.5) is 0 Å². The summed E-state index contributed by atoms with van der Waals surface area (Å²) in [4.78, 5) is 8.82. The van der Waals surface area contributed by atoms with Crippen LogP contribution in [-0.4, -0.2) is 23.6 Å². The van der Waals surface area contributed by atoms with Gasteiger partial charge in [-0.15, -0.1) is 0 Å². The topological polar surface area (TPSA) is 61.0 Å². The van der Waals surface area contributed by atoms with Crippen LogP contribution in [0.3, 0.4) is 0 Å². The zero-order valence-corrected chi connectivity index (χ0v) is 8.42. The number of hydrogen-bond acceptors (Lipinski definition) is 4. The molecule has 0 fully saturated rings. The van der Waals surface area contributed by atoms with Gasteiger partial charge in [0.2, 0.25) is 5.88 Å². The summed E-state index contributed by atoms with van der Waals surface area (Å²) < 4.78 is 5.25. The molecular formula is C10H15N3O. The maximum Gasteiger partial charge on any atom is 0.219 e. The second-order valence-electron chi connectivity index (χ2n) is 3.47. The van der Waals surface area contributed by atoms with Crippen LogP contribution in [0.1, 0.15) is 23.5 Å². The maximum absolute atomic E-state index is 5.48. The minimum absolute atomic E-state index is 0.585. The lowest BCUT2D eigenvalue weighted by molar-refractivity contribution is 0.390. The van der Waals surface area contributed by atoms with E-state index < -0.39 is 0 Å². The molecule has 2 rings (SSSR count). The Kier molecular flexibility index (Phi) is 2.63. The van der Waals surface area contributed by atoms with Gasteiger partial charge < -0.3 is 10.5 Å². The van der Waals surface area contributed by atoms with E-state index in [1.54, 1.807) is 7.11 Å².